The van der Waals surface area contributed by atoms with Crippen LogP contribution in [-0.2, 0) is 0 Å². The molecule has 0 atom stereocenters. The van der Waals surface area contributed by atoms with Crippen molar-refractivity contribution in [3.05, 3.63) is 0 Å². The second-order valence-corrected chi connectivity index (χ2v) is 4.02. The molecule has 8 nitrogen and oxygen atoms in total. The first-order chi connectivity index (χ1) is 9.69. The molecule has 0 saturated heterocycles. The first-order valence-corrected chi connectivity index (χ1v) is 6.79. The van der Waals surface area contributed by atoms with Gasteiger partial charge in [0.05, 0.1) is 39.6 Å². The van der Waals surface area contributed by atoms with E-state index >= 15 is 0 Å². The molecule has 0 spiro atoms. The largest absolute Gasteiger partial charge is 0.395 e. The van der Waals surface area contributed by atoms with Crippen LogP contribution in [0.5, 0.6) is 0 Å². The molecule has 0 amide bonds. The molecule has 0 aliphatic rings. The van der Waals surface area contributed by atoms with Gasteiger partial charge in [-0.3, -0.25) is 9.80 Å². The van der Waals surface area contributed by atoms with Crippen LogP contribution >= 0.6 is 0 Å². The normalized spacial score (nSPS) is 10.3. The summed E-state index contributed by atoms with van der Waals surface area (Å²) in [6, 6.07) is 0. The number of hydrogen-bond donors (Lipinski definition) is 6. The van der Waals surface area contributed by atoms with Crippen molar-refractivity contribution < 1.29 is 30.6 Å². The molecule has 0 aromatic heterocycles. The van der Waals surface area contributed by atoms with E-state index in [1.165, 1.54) is 0 Å². The highest BCUT2D eigenvalue weighted by molar-refractivity contribution is 5.75. The highest BCUT2D eigenvalue weighted by atomic mass is 28.1. The molecule has 0 aliphatic heterocycles. The van der Waals surface area contributed by atoms with Crippen molar-refractivity contribution in [2.75, 3.05) is 78.9 Å². The summed E-state index contributed by atoms with van der Waals surface area (Å²) in [6.07, 6.45) is 0. The van der Waals surface area contributed by atoms with E-state index in [0.29, 0.717) is 39.3 Å². The fourth-order valence-electron chi connectivity index (χ4n) is 1.52. The van der Waals surface area contributed by atoms with Gasteiger partial charge in [-0.1, -0.05) is 0 Å². The zero-order chi connectivity index (χ0) is 15.6. The van der Waals surface area contributed by atoms with Gasteiger partial charge in [0.25, 0.3) is 0 Å². The average Bonchev–Trinajstić information content (AvgIpc) is 2.41. The van der Waals surface area contributed by atoms with Crippen LogP contribution in [0, 0.1) is 0 Å². The molecule has 0 fully saturated rings. The summed E-state index contributed by atoms with van der Waals surface area (Å²) in [6.45, 7) is 3.51. The van der Waals surface area contributed by atoms with Crippen molar-refractivity contribution in [1.29, 1.82) is 0 Å². The third-order valence-electron chi connectivity index (χ3n) is 2.50. The molecule has 0 aromatic carbocycles. The molecule has 4 radical (unpaired) electrons. The van der Waals surface area contributed by atoms with Gasteiger partial charge >= 0.3 is 0 Å². The SMILES string of the molecule is OCCN(CCO)CCO.OCCN(CCO)CCO.[Si]. The standard InChI is InChI=1S/2C6H15NO3.Si/c2*8-4-1-7(2-5-9)3-6-10;/h2*8-10H,1-6H2;. The number of hydrogen-bond acceptors (Lipinski definition) is 8. The van der Waals surface area contributed by atoms with Crippen LogP contribution in [0.15, 0.2) is 0 Å². The molecule has 0 saturated carbocycles. The summed E-state index contributed by atoms with van der Waals surface area (Å²) in [5.41, 5.74) is 0. The number of aliphatic hydroxyl groups is 6. The van der Waals surface area contributed by atoms with E-state index in [0.717, 1.165) is 0 Å². The Hall–Kier alpha value is -0.103. The molecule has 0 heterocycles. The van der Waals surface area contributed by atoms with Crippen molar-refractivity contribution in [2.24, 2.45) is 0 Å². The molecule has 0 bridgehead atoms. The molecule has 0 rings (SSSR count). The van der Waals surface area contributed by atoms with Crippen molar-refractivity contribution in [2.45, 2.75) is 0 Å². The van der Waals surface area contributed by atoms with Gasteiger partial charge in [-0.2, -0.15) is 0 Å². The second kappa shape index (κ2) is 22.2. The van der Waals surface area contributed by atoms with Gasteiger partial charge in [0.1, 0.15) is 0 Å². The van der Waals surface area contributed by atoms with E-state index in [1.807, 2.05) is 0 Å². The molecule has 9 heteroatoms. The van der Waals surface area contributed by atoms with Crippen molar-refractivity contribution >= 4 is 11.0 Å². The van der Waals surface area contributed by atoms with Gasteiger partial charge in [0, 0.05) is 50.2 Å². The zero-order valence-electron chi connectivity index (χ0n) is 12.6. The van der Waals surface area contributed by atoms with Gasteiger partial charge in [-0.25, -0.2) is 0 Å². The van der Waals surface area contributed by atoms with Crippen molar-refractivity contribution in [1.82, 2.24) is 9.80 Å². The maximum absolute atomic E-state index is 8.48. The Morgan fingerprint density at radius 3 is 0.619 bits per heavy atom. The van der Waals surface area contributed by atoms with Crippen LogP contribution < -0.4 is 0 Å². The highest BCUT2D eigenvalue weighted by Gasteiger charge is 2.00. The van der Waals surface area contributed by atoms with E-state index in [-0.39, 0.29) is 50.6 Å². The number of rotatable bonds is 12. The Morgan fingerprint density at radius 2 is 0.524 bits per heavy atom. The van der Waals surface area contributed by atoms with Crippen molar-refractivity contribution in [3.63, 3.8) is 0 Å². The molecule has 128 valence electrons. The monoisotopic (exact) mass is 326 g/mol. The Balaban J connectivity index is -0.000000295. The number of nitrogens with zero attached hydrogens (tertiary/aromatic N) is 2. The van der Waals surface area contributed by atoms with Crippen molar-refractivity contribution in [3.8, 4) is 0 Å². The Labute approximate surface area is 131 Å². The van der Waals surface area contributed by atoms with E-state index in [1.54, 1.807) is 9.80 Å². The van der Waals surface area contributed by atoms with Crippen LogP contribution in [0.3, 0.4) is 0 Å². The van der Waals surface area contributed by atoms with Crippen LogP contribution in [0.25, 0.3) is 0 Å². The summed E-state index contributed by atoms with van der Waals surface area (Å²) in [5, 5.41) is 50.9. The lowest BCUT2D eigenvalue weighted by molar-refractivity contribution is 0.136. The maximum Gasteiger partial charge on any atom is 0.0558 e. The maximum atomic E-state index is 8.48. The van der Waals surface area contributed by atoms with Crippen LogP contribution in [0.4, 0.5) is 0 Å². The topological polar surface area (TPSA) is 128 Å². The fourth-order valence-corrected chi connectivity index (χ4v) is 1.52. The Morgan fingerprint density at radius 1 is 0.381 bits per heavy atom. The minimum absolute atomic E-state index is 0. The van der Waals surface area contributed by atoms with Crippen LogP contribution in [0.2, 0.25) is 0 Å². The molecule has 0 unspecified atom stereocenters. The Kier molecular flexibility index (Phi) is 27.3. The summed E-state index contributed by atoms with van der Waals surface area (Å²) >= 11 is 0. The lowest BCUT2D eigenvalue weighted by Crippen LogP contribution is -2.32. The minimum atomic E-state index is 0. The van der Waals surface area contributed by atoms with Gasteiger partial charge < -0.3 is 30.6 Å². The third-order valence-corrected chi connectivity index (χ3v) is 2.50. The predicted molar refractivity (Wildman–Crippen MR) is 81.1 cm³/mol. The third kappa shape index (κ3) is 19.9. The highest BCUT2D eigenvalue weighted by Crippen LogP contribution is 1.84. The van der Waals surface area contributed by atoms with Gasteiger partial charge in [0.2, 0.25) is 0 Å². The van der Waals surface area contributed by atoms with Gasteiger partial charge in [-0.05, 0) is 0 Å². The van der Waals surface area contributed by atoms with Gasteiger partial charge in [0.15, 0.2) is 0 Å². The molecular formula is C12H30N2O6Si. The fraction of sp³-hybridized carbons (Fsp3) is 1.00. The first-order valence-electron chi connectivity index (χ1n) is 6.79. The summed E-state index contributed by atoms with van der Waals surface area (Å²) in [7, 11) is 0. The lowest BCUT2D eigenvalue weighted by atomic mass is 10.4. The van der Waals surface area contributed by atoms with E-state index in [2.05, 4.69) is 0 Å². The van der Waals surface area contributed by atoms with Crippen LogP contribution in [-0.4, -0.2) is 130 Å². The van der Waals surface area contributed by atoms with E-state index in [4.69, 9.17) is 30.6 Å². The predicted octanol–water partition coefficient (Wildman–Crippen LogP) is -3.85. The quantitative estimate of drug-likeness (QED) is 0.201. The second-order valence-electron chi connectivity index (χ2n) is 4.02. The summed E-state index contributed by atoms with van der Waals surface area (Å²) in [5.74, 6) is 0. The molecule has 21 heavy (non-hydrogen) atoms. The summed E-state index contributed by atoms with van der Waals surface area (Å²) in [4.78, 5) is 3.58. The number of aliphatic hydroxyl groups excluding tert-OH is 6. The van der Waals surface area contributed by atoms with E-state index < -0.39 is 0 Å². The summed E-state index contributed by atoms with van der Waals surface area (Å²) < 4.78 is 0. The van der Waals surface area contributed by atoms with Gasteiger partial charge in [-0.15, -0.1) is 0 Å². The lowest BCUT2D eigenvalue weighted by Gasteiger charge is -2.17. The van der Waals surface area contributed by atoms with E-state index in [9.17, 15) is 0 Å². The molecule has 0 aliphatic carbocycles. The smallest absolute Gasteiger partial charge is 0.0558 e. The average molecular weight is 326 g/mol. The minimum Gasteiger partial charge on any atom is -0.395 e. The molecular weight excluding hydrogens is 296 g/mol. The molecule has 6 N–H and O–H groups in total. The zero-order valence-corrected chi connectivity index (χ0v) is 13.6. The molecule has 0 aromatic rings. The first kappa shape index (κ1) is 25.8. The Bertz CT molecular complexity index is 135. The van der Waals surface area contributed by atoms with Crippen LogP contribution in [0.1, 0.15) is 0 Å².